The molecule has 3 N–H and O–H groups in total. The maximum atomic E-state index is 12.2. The van der Waals surface area contributed by atoms with Crippen molar-refractivity contribution in [1.82, 2.24) is 0 Å². The van der Waals surface area contributed by atoms with Crippen LogP contribution >= 0.6 is 0 Å². The molecule has 0 radical (unpaired) electrons. The monoisotopic (exact) mass is 289 g/mol. The first-order chi connectivity index (χ1) is 9.26. The second-order valence-electron chi connectivity index (χ2n) is 4.53. The highest BCUT2D eigenvalue weighted by Crippen LogP contribution is 2.37. The summed E-state index contributed by atoms with van der Waals surface area (Å²) >= 11 is 0. The summed E-state index contributed by atoms with van der Waals surface area (Å²) in [4.78, 5) is 12.6. The minimum absolute atomic E-state index is 0.101. The van der Waals surface area contributed by atoms with Crippen LogP contribution in [0, 0.1) is 0 Å². The van der Waals surface area contributed by atoms with Crippen molar-refractivity contribution in [3.8, 4) is 5.75 Å². The molecule has 0 saturated heterocycles. The number of nitrogens with two attached hydrogens (primary N) is 1. The second-order valence-corrected chi connectivity index (χ2v) is 4.53. The van der Waals surface area contributed by atoms with Crippen LogP contribution in [-0.4, -0.2) is 32.3 Å². The predicted molar refractivity (Wildman–Crippen MR) is 68.9 cm³/mol. The lowest BCUT2D eigenvalue weighted by molar-refractivity contribution is -0.132. The van der Waals surface area contributed by atoms with Crippen molar-refractivity contribution in [2.45, 2.75) is 12.6 Å². The number of rotatable bonds is 3. The molecule has 0 bridgehead atoms. The van der Waals surface area contributed by atoms with E-state index in [0.717, 1.165) is 0 Å². The molecule has 1 aromatic carbocycles. The lowest BCUT2D eigenvalue weighted by Crippen LogP contribution is -2.27. The molecular formula is C12H14F3N3O2. The van der Waals surface area contributed by atoms with E-state index in [4.69, 9.17) is 10.5 Å². The number of hydrogen-bond donors (Lipinski definition) is 2. The minimum Gasteiger partial charge on any atom is -0.482 e. The number of fused-ring (bicyclic) bond motifs is 1. The van der Waals surface area contributed by atoms with E-state index in [9.17, 15) is 18.0 Å². The predicted octanol–water partition coefficient (Wildman–Crippen LogP) is 1.99. The van der Waals surface area contributed by atoms with Gasteiger partial charge in [0.25, 0.3) is 5.91 Å². The quantitative estimate of drug-likeness (QED) is 0.835. The van der Waals surface area contributed by atoms with E-state index in [2.05, 4.69) is 5.32 Å². The fourth-order valence-electron chi connectivity index (χ4n) is 1.88. The van der Waals surface area contributed by atoms with Crippen LogP contribution in [0.5, 0.6) is 5.75 Å². The zero-order chi connectivity index (χ0) is 14.9. The first-order valence-electron chi connectivity index (χ1n) is 5.90. The van der Waals surface area contributed by atoms with Crippen LogP contribution in [0.4, 0.5) is 30.2 Å². The Morgan fingerprint density at radius 2 is 2.15 bits per heavy atom. The molecule has 0 aliphatic carbocycles. The molecule has 1 aliphatic rings. The lowest BCUT2D eigenvalue weighted by atomic mass is 10.2. The number of ether oxygens (including phenoxy) is 1. The van der Waals surface area contributed by atoms with E-state index in [1.54, 1.807) is 0 Å². The third-order valence-corrected chi connectivity index (χ3v) is 2.90. The zero-order valence-corrected chi connectivity index (χ0v) is 10.8. The van der Waals surface area contributed by atoms with Crippen molar-refractivity contribution in [1.29, 1.82) is 0 Å². The van der Waals surface area contributed by atoms with Crippen molar-refractivity contribution < 1.29 is 22.7 Å². The Morgan fingerprint density at radius 3 is 2.80 bits per heavy atom. The van der Waals surface area contributed by atoms with Gasteiger partial charge in [-0.15, -0.1) is 0 Å². The number of anilines is 3. The van der Waals surface area contributed by atoms with Gasteiger partial charge in [-0.3, -0.25) is 4.79 Å². The number of benzene rings is 1. The summed E-state index contributed by atoms with van der Waals surface area (Å²) in [7, 11) is 1.51. The van der Waals surface area contributed by atoms with Gasteiger partial charge in [0.15, 0.2) is 6.61 Å². The molecule has 0 aromatic heterocycles. The molecule has 1 heterocycles. The number of nitrogens with zero attached hydrogens (tertiary/aromatic N) is 1. The Bertz CT molecular complexity index is 531. The fraction of sp³-hybridized carbons (Fsp3) is 0.417. The molecule has 8 heteroatoms. The summed E-state index contributed by atoms with van der Waals surface area (Å²) < 4.78 is 41.8. The number of nitrogen functional groups attached to an aromatic ring is 1. The Labute approximate surface area is 113 Å². The largest absolute Gasteiger partial charge is 0.482 e. The molecule has 0 atom stereocenters. The molecule has 5 nitrogen and oxygen atoms in total. The van der Waals surface area contributed by atoms with Crippen molar-refractivity contribution in [3.63, 3.8) is 0 Å². The number of carbonyl (C=O) groups is 1. The number of hydrogen-bond acceptors (Lipinski definition) is 4. The molecule has 110 valence electrons. The summed E-state index contributed by atoms with van der Waals surface area (Å²) in [6.07, 6.45) is -5.17. The van der Waals surface area contributed by atoms with Crippen molar-refractivity contribution in [2.75, 3.05) is 36.1 Å². The van der Waals surface area contributed by atoms with Crippen LogP contribution in [0.2, 0.25) is 0 Å². The molecule has 0 saturated carbocycles. The average Bonchev–Trinajstić information content (AvgIpc) is 2.35. The number of nitrogens with one attached hydrogen (secondary N) is 1. The van der Waals surface area contributed by atoms with Gasteiger partial charge in [0.1, 0.15) is 5.75 Å². The molecule has 20 heavy (non-hydrogen) atoms. The Kier molecular flexibility index (Phi) is 3.65. The third kappa shape index (κ3) is 3.25. The van der Waals surface area contributed by atoms with Crippen molar-refractivity contribution in [3.05, 3.63) is 12.1 Å². The summed E-state index contributed by atoms with van der Waals surface area (Å²) in [5.74, 6) is 0.0984. The van der Waals surface area contributed by atoms with Crippen LogP contribution < -0.4 is 20.7 Å². The van der Waals surface area contributed by atoms with Gasteiger partial charge >= 0.3 is 6.18 Å². The third-order valence-electron chi connectivity index (χ3n) is 2.90. The number of carbonyl (C=O) groups excluding carboxylic acids is 1. The Hall–Kier alpha value is -2.12. The molecule has 0 spiro atoms. The highest BCUT2D eigenvalue weighted by Gasteiger charge is 2.28. The van der Waals surface area contributed by atoms with Crippen LogP contribution in [0.15, 0.2) is 12.1 Å². The van der Waals surface area contributed by atoms with Crippen LogP contribution in [0.25, 0.3) is 0 Å². The molecule has 0 unspecified atom stereocenters. The van der Waals surface area contributed by atoms with Gasteiger partial charge in [-0.05, 0) is 6.07 Å². The van der Waals surface area contributed by atoms with Crippen molar-refractivity contribution >= 4 is 23.0 Å². The number of halogens is 3. The fourth-order valence-corrected chi connectivity index (χ4v) is 1.88. The maximum absolute atomic E-state index is 12.2. The van der Waals surface area contributed by atoms with Crippen LogP contribution in [0.3, 0.4) is 0 Å². The van der Waals surface area contributed by atoms with E-state index in [-0.39, 0.29) is 19.1 Å². The first-order valence-corrected chi connectivity index (χ1v) is 5.90. The number of amides is 1. The summed E-state index contributed by atoms with van der Waals surface area (Å²) in [6, 6.07) is 3.01. The average molecular weight is 289 g/mol. The van der Waals surface area contributed by atoms with Gasteiger partial charge < -0.3 is 20.7 Å². The van der Waals surface area contributed by atoms with Crippen LogP contribution in [-0.2, 0) is 4.79 Å². The normalized spacial score (nSPS) is 14.3. The summed E-state index contributed by atoms with van der Waals surface area (Å²) in [5.41, 5.74) is 6.92. The molecule has 2 rings (SSSR count). The summed E-state index contributed by atoms with van der Waals surface area (Å²) in [6.45, 7) is -0.322. The van der Waals surface area contributed by atoms with E-state index in [0.29, 0.717) is 22.8 Å². The smallest absolute Gasteiger partial charge is 0.390 e. The van der Waals surface area contributed by atoms with E-state index >= 15 is 0 Å². The van der Waals surface area contributed by atoms with E-state index < -0.39 is 12.6 Å². The van der Waals surface area contributed by atoms with Gasteiger partial charge in [-0.1, -0.05) is 0 Å². The first kappa shape index (κ1) is 14.3. The van der Waals surface area contributed by atoms with Gasteiger partial charge in [0.05, 0.1) is 23.5 Å². The minimum atomic E-state index is -4.23. The van der Waals surface area contributed by atoms with Crippen LogP contribution in [0.1, 0.15) is 6.42 Å². The van der Waals surface area contributed by atoms with Crippen molar-refractivity contribution in [2.24, 2.45) is 0 Å². The van der Waals surface area contributed by atoms with Gasteiger partial charge in [0, 0.05) is 19.7 Å². The van der Waals surface area contributed by atoms with Gasteiger partial charge in [0.2, 0.25) is 0 Å². The number of alkyl halides is 3. The Balaban J connectivity index is 2.19. The standard InChI is InChI=1S/C12H14F3N3O2/c1-18(3-2-12(13,14)15)9-5-8-10(4-7(9)16)20-6-11(19)17-8/h4-5H,2-3,6,16H2,1H3,(H,17,19). The van der Waals surface area contributed by atoms with E-state index in [1.165, 1.54) is 24.1 Å². The summed E-state index contributed by atoms with van der Waals surface area (Å²) in [5, 5.41) is 2.59. The Morgan fingerprint density at radius 1 is 1.45 bits per heavy atom. The molecule has 0 fully saturated rings. The SMILES string of the molecule is CN(CCC(F)(F)F)c1cc2c(cc1N)OCC(=O)N2. The highest BCUT2D eigenvalue weighted by atomic mass is 19.4. The molecule has 1 aromatic rings. The topological polar surface area (TPSA) is 67.6 Å². The molecule has 1 amide bonds. The van der Waals surface area contributed by atoms with E-state index in [1.807, 2.05) is 0 Å². The van der Waals surface area contributed by atoms with Gasteiger partial charge in [-0.2, -0.15) is 13.2 Å². The maximum Gasteiger partial charge on any atom is 0.390 e. The highest BCUT2D eigenvalue weighted by molar-refractivity contribution is 5.97. The zero-order valence-electron chi connectivity index (χ0n) is 10.8. The lowest BCUT2D eigenvalue weighted by Gasteiger charge is -2.25. The molecular weight excluding hydrogens is 275 g/mol. The molecule has 1 aliphatic heterocycles. The second kappa shape index (κ2) is 5.10. The van der Waals surface area contributed by atoms with Gasteiger partial charge in [-0.25, -0.2) is 0 Å².